The molecular formula is C18H17ClN4O2. The third kappa shape index (κ3) is 4.04. The monoisotopic (exact) mass is 356 g/mol. The standard InChI is InChI=1S/C18H17ClN4O2/c1-25-12-11-20-18(24)16-21-17(13-5-3-2-4-6-13)23(22-16)15-9-7-14(19)8-10-15/h2-10H,11-12H2,1H3,(H,20,24). The number of nitrogens with one attached hydrogen (secondary N) is 1. The number of aromatic nitrogens is 3. The van der Waals surface area contributed by atoms with Crippen molar-refractivity contribution < 1.29 is 9.53 Å². The smallest absolute Gasteiger partial charge is 0.291 e. The second-order valence-electron chi connectivity index (χ2n) is 5.26. The van der Waals surface area contributed by atoms with E-state index in [0.29, 0.717) is 24.0 Å². The van der Waals surface area contributed by atoms with Gasteiger partial charge in [-0.25, -0.2) is 9.67 Å². The lowest BCUT2D eigenvalue weighted by molar-refractivity contribution is 0.0927. The second kappa shape index (κ2) is 7.92. The van der Waals surface area contributed by atoms with Crippen LogP contribution in [0.15, 0.2) is 54.6 Å². The summed E-state index contributed by atoms with van der Waals surface area (Å²) in [6.45, 7) is 0.820. The molecule has 1 amide bonds. The second-order valence-corrected chi connectivity index (χ2v) is 5.70. The lowest BCUT2D eigenvalue weighted by Gasteiger charge is -2.05. The minimum Gasteiger partial charge on any atom is -0.383 e. The predicted octanol–water partition coefficient (Wildman–Crippen LogP) is 2.96. The molecule has 25 heavy (non-hydrogen) atoms. The van der Waals surface area contributed by atoms with Crippen LogP contribution >= 0.6 is 11.6 Å². The van der Waals surface area contributed by atoms with E-state index < -0.39 is 0 Å². The average molecular weight is 357 g/mol. The maximum absolute atomic E-state index is 12.3. The number of benzene rings is 2. The van der Waals surface area contributed by atoms with Crippen LogP contribution in [0, 0.1) is 0 Å². The third-order valence-electron chi connectivity index (χ3n) is 3.51. The summed E-state index contributed by atoms with van der Waals surface area (Å²) in [7, 11) is 1.58. The zero-order valence-corrected chi connectivity index (χ0v) is 14.4. The maximum atomic E-state index is 12.3. The van der Waals surface area contributed by atoms with Gasteiger partial charge in [0.25, 0.3) is 5.91 Å². The van der Waals surface area contributed by atoms with Crippen molar-refractivity contribution in [2.45, 2.75) is 0 Å². The fourth-order valence-corrected chi connectivity index (χ4v) is 2.42. The molecule has 0 atom stereocenters. The van der Waals surface area contributed by atoms with Crippen LogP contribution in [0.3, 0.4) is 0 Å². The molecule has 0 saturated heterocycles. The molecule has 0 aliphatic carbocycles. The molecule has 0 aliphatic heterocycles. The number of hydrogen-bond acceptors (Lipinski definition) is 4. The highest BCUT2D eigenvalue weighted by Gasteiger charge is 2.18. The molecule has 1 aromatic heterocycles. The van der Waals surface area contributed by atoms with E-state index in [4.69, 9.17) is 16.3 Å². The van der Waals surface area contributed by atoms with Gasteiger partial charge in [-0.15, -0.1) is 5.10 Å². The Morgan fingerprint density at radius 1 is 1.16 bits per heavy atom. The van der Waals surface area contributed by atoms with Crippen LogP contribution in [0.1, 0.15) is 10.6 Å². The largest absolute Gasteiger partial charge is 0.383 e. The summed E-state index contributed by atoms with van der Waals surface area (Å²) in [5.41, 5.74) is 1.63. The SMILES string of the molecule is COCCNC(=O)c1nc(-c2ccccc2)n(-c2ccc(Cl)cc2)n1. The van der Waals surface area contributed by atoms with Gasteiger partial charge in [-0.1, -0.05) is 41.9 Å². The van der Waals surface area contributed by atoms with Crippen molar-refractivity contribution in [3.63, 3.8) is 0 Å². The van der Waals surface area contributed by atoms with Gasteiger partial charge in [-0.05, 0) is 24.3 Å². The Bertz CT molecular complexity index is 847. The Morgan fingerprint density at radius 2 is 1.88 bits per heavy atom. The van der Waals surface area contributed by atoms with Crippen molar-refractivity contribution in [3.05, 3.63) is 65.4 Å². The highest BCUT2D eigenvalue weighted by Crippen LogP contribution is 2.22. The van der Waals surface area contributed by atoms with Crippen molar-refractivity contribution in [2.24, 2.45) is 0 Å². The summed E-state index contributed by atoms with van der Waals surface area (Å²) in [6, 6.07) is 16.8. The van der Waals surface area contributed by atoms with Crippen molar-refractivity contribution in [3.8, 4) is 17.1 Å². The summed E-state index contributed by atoms with van der Waals surface area (Å²) >= 11 is 5.96. The molecule has 0 spiro atoms. The van der Waals surface area contributed by atoms with Crippen LogP contribution in [-0.4, -0.2) is 40.9 Å². The molecule has 7 heteroatoms. The zero-order valence-electron chi connectivity index (χ0n) is 13.6. The van der Waals surface area contributed by atoms with Crippen LogP contribution in [0.2, 0.25) is 5.02 Å². The fourth-order valence-electron chi connectivity index (χ4n) is 2.29. The van der Waals surface area contributed by atoms with E-state index in [1.54, 1.807) is 23.9 Å². The summed E-state index contributed by atoms with van der Waals surface area (Å²) in [4.78, 5) is 16.7. The van der Waals surface area contributed by atoms with E-state index >= 15 is 0 Å². The number of halogens is 1. The van der Waals surface area contributed by atoms with Crippen LogP contribution in [0.25, 0.3) is 17.1 Å². The molecule has 6 nitrogen and oxygen atoms in total. The number of carbonyl (C=O) groups is 1. The minimum absolute atomic E-state index is 0.102. The van der Waals surface area contributed by atoms with Crippen molar-refractivity contribution in [1.29, 1.82) is 0 Å². The molecular weight excluding hydrogens is 340 g/mol. The van der Waals surface area contributed by atoms with E-state index in [9.17, 15) is 4.79 Å². The molecule has 0 unspecified atom stereocenters. The quantitative estimate of drug-likeness (QED) is 0.689. The van der Waals surface area contributed by atoms with Gasteiger partial charge in [0, 0.05) is 24.2 Å². The first-order chi connectivity index (χ1) is 12.2. The summed E-state index contributed by atoms with van der Waals surface area (Å²) in [5, 5.41) is 7.73. The Kier molecular flexibility index (Phi) is 5.42. The number of methoxy groups -OCH3 is 1. The van der Waals surface area contributed by atoms with Gasteiger partial charge in [0.15, 0.2) is 5.82 Å². The number of rotatable bonds is 6. The topological polar surface area (TPSA) is 69.0 Å². The fraction of sp³-hybridized carbons (Fsp3) is 0.167. The highest BCUT2D eigenvalue weighted by atomic mass is 35.5. The van der Waals surface area contributed by atoms with Gasteiger partial charge in [0.2, 0.25) is 5.82 Å². The van der Waals surface area contributed by atoms with Crippen molar-refractivity contribution in [2.75, 3.05) is 20.3 Å². The van der Waals surface area contributed by atoms with Crippen molar-refractivity contribution >= 4 is 17.5 Å². The number of carbonyl (C=O) groups excluding carboxylic acids is 1. The molecule has 0 fully saturated rings. The number of nitrogens with zero attached hydrogens (tertiary/aromatic N) is 3. The summed E-state index contributed by atoms with van der Waals surface area (Å²) < 4.78 is 6.57. The van der Waals surface area contributed by atoms with Crippen LogP contribution in [0.4, 0.5) is 0 Å². The maximum Gasteiger partial charge on any atom is 0.291 e. The highest BCUT2D eigenvalue weighted by molar-refractivity contribution is 6.30. The Hall–Kier alpha value is -2.70. The third-order valence-corrected chi connectivity index (χ3v) is 3.76. The van der Waals surface area contributed by atoms with Crippen molar-refractivity contribution in [1.82, 2.24) is 20.1 Å². The molecule has 0 bridgehead atoms. The lowest BCUT2D eigenvalue weighted by Crippen LogP contribution is -2.28. The first-order valence-electron chi connectivity index (χ1n) is 7.74. The van der Waals surface area contributed by atoms with E-state index in [1.807, 2.05) is 42.5 Å². The van der Waals surface area contributed by atoms with E-state index in [2.05, 4.69) is 15.4 Å². The first kappa shape index (κ1) is 17.1. The molecule has 0 radical (unpaired) electrons. The molecule has 0 aliphatic rings. The van der Waals surface area contributed by atoms with Crippen LogP contribution in [-0.2, 0) is 4.74 Å². The first-order valence-corrected chi connectivity index (χ1v) is 8.12. The minimum atomic E-state index is -0.345. The van der Waals surface area contributed by atoms with E-state index in [-0.39, 0.29) is 11.7 Å². The number of ether oxygens (including phenoxy) is 1. The molecule has 3 aromatic rings. The molecule has 3 rings (SSSR count). The van der Waals surface area contributed by atoms with Gasteiger partial charge >= 0.3 is 0 Å². The lowest BCUT2D eigenvalue weighted by atomic mass is 10.2. The number of hydrogen-bond donors (Lipinski definition) is 1. The zero-order chi connectivity index (χ0) is 17.6. The Labute approximate surface area is 150 Å². The Balaban J connectivity index is 2.00. The molecule has 128 valence electrons. The molecule has 1 heterocycles. The van der Waals surface area contributed by atoms with Crippen LogP contribution < -0.4 is 5.32 Å². The molecule has 0 saturated carbocycles. The van der Waals surface area contributed by atoms with Gasteiger partial charge < -0.3 is 10.1 Å². The van der Waals surface area contributed by atoms with Gasteiger partial charge in [0.1, 0.15) is 0 Å². The number of amides is 1. The summed E-state index contributed by atoms with van der Waals surface area (Å²) in [6.07, 6.45) is 0. The molecule has 2 aromatic carbocycles. The van der Waals surface area contributed by atoms with Crippen LogP contribution in [0.5, 0.6) is 0 Å². The van der Waals surface area contributed by atoms with E-state index in [0.717, 1.165) is 11.3 Å². The molecule has 1 N–H and O–H groups in total. The van der Waals surface area contributed by atoms with Gasteiger partial charge in [0.05, 0.1) is 12.3 Å². The van der Waals surface area contributed by atoms with Gasteiger partial charge in [-0.2, -0.15) is 0 Å². The summed E-state index contributed by atoms with van der Waals surface area (Å²) in [5.74, 6) is 0.340. The Morgan fingerprint density at radius 3 is 2.56 bits per heavy atom. The van der Waals surface area contributed by atoms with Gasteiger partial charge in [-0.3, -0.25) is 4.79 Å². The normalized spacial score (nSPS) is 10.6. The average Bonchev–Trinajstić information content (AvgIpc) is 3.09. The van der Waals surface area contributed by atoms with E-state index in [1.165, 1.54) is 0 Å². The predicted molar refractivity (Wildman–Crippen MR) is 96.0 cm³/mol.